The third-order valence-electron chi connectivity index (χ3n) is 3.41. The van der Waals surface area contributed by atoms with Crippen molar-refractivity contribution < 1.29 is 22.7 Å². The zero-order valence-electron chi connectivity index (χ0n) is 13.0. The van der Waals surface area contributed by atoms with Gasteiger partial charge in [-0.3, -0.25) is 10.1 Å². The van der Waals surface area contributed by atoms with Crippen LogP contribution in [0.4, 0.5) is 24.5 Å². The standard InChI is InChI=1S/C14H13Cl3F3N3O2S/c15-13(16,17)11(24)22-12(26)21-9-7-8(14(18,19)20)1-2-10(9)23-3-5-25-6-4-23/h1-2,7H,3-6H2,(H2,21,22,24,26). The SMILES string of the molecule is O=C(NC(=S)Nc1cc(C(F)(F)F)ccc1N1CCOCC1)C(Cl)(Cl)Cl. The van der Waals surface area contributed by atoms with E-state index >= 15 is 0 Å². The lowest BCUT2D eigenvalue weighted by Crippen LogP contribution is -2.42. The molecule has 0 radical (unpaired) electrons. The Morgan fingerprint density at radius 2 is 1.81 bits per heavy atom. The van der Waals surface area contributed by atoms with Crippen LogP contribution < -0.4 is 15.5 Å². The second-order valence-electron chi connectivity index (χ2n) is 5.24. The number of amides is 1. The average molecular weight is 451 g/mol. The zero-order chi connectivity index (χ0) is 19.5. The number of thiocarbonyl (C=S) groups is 1. The summed E-state index contributed by atoms with van der Waals surface area (Å²) in [5.41, 5.74) is -0.323. The van der Waals surface area contributed by atoms with E-state index in [4.69, 9.17) is 51.8 Å². The van der Waals surface area contributed by atoms with Crippen LogP contribution in [0.1, 0.15) is 5.56 Å². The van der Waals surface area contributed by atoms with E-state index in [0.29, 0.717) is 32.0 Å². The van der Waals surface area contributed by atoms with E-state index in [-0.39, 0.29) is 10.8 Å². The number of nitrogens with zero attached hydrogens (tertiary/aromatic N) is 1. The van der Waals surface area contributed by atoms with Crippen molar-refractivity contribution in [1.82, 2.24) is 5.32 Å². The highest BCUT2D eigenvalue weighted by atomic mass is 35.6. The van der Waals surface area contributed by atoms with Crippen LogP contribution in [0.2, 0.25) is 0 Å². The molecule has 0 aliphatic carbocycles. The van der Waals surface area contributed by atoms with Crippen molar-refractivity contribution >= 4 is 69.4 Å². The van der Waals surface area contributed by atoms with E-state index < -0.39 is 21.4 Å². The molecule has 0 unspecified atom stereocenters. The van der Waals surface area contributed by atoms with Crippen LogP contribution in [0.25, 0.3) is 0 Å². The highest BCUT2D eigenvalue weighted by molar-refractivity contribution is 7.80. The van der Waals surface area contributed by atoms with Gasteiger partial charge in [0, 0.05) is 13.1 Å². The van der Waals surface area contributed by atoms with E-state index in [1.807, 2.05) is 4.90 Å². The number of rotatable bonds is 2. The number of halogens is 6. The second-order valence-corrected chi connectivity index (χ2v) is 7.92. The first kappa shape index (κ1) is 21.3. The molecule has 1 saturated heterocycles. The number of ether oxygens (including phenoxy) is 1. The normalized spacial score (nSPS) is 15.5. The summed E-state index contributed by atoms with van der Waals surface area (Å²) >= 11 is 21.2. The minimum absolute atomic E-state index is 0.0661. The van der Waals surface area contributed by atoms with Crippen molar-refractivity contribution in [2.45, 2.75) is 9.97 Å². The number of morpholine rings is 1. The summed E-state index contributed by atoms with van der Waals surface area (Å²) in [6.07, 6.45) is -4.54. The fourth-order valence-corrected chi connectivity index (χ4v) is 2.56. The van der Waals surface area contributed by atoms with Gasteiger partial charge in [0.2, 0.25) is 0 Å². The van der Waals surface area contributed by atoms with Crippen LogP contribution in [0.3, 0.4) is 0 Å². The van der Waals surface area contributed by atoms with E-state index in [9.17, 15) is 18.0 Å². The van der Waals surface area contributed by atoms with Crippen LogP contribution in [-0.2, 0) is 15.7 Å². The summed E-state index contributed by atoms with van der Waals surface area (Å²) in [4.78, 5) is 13.5. The quantitative estimate of drug-likeness (QED) is 0.531. The Labute approximate surface area is 167 Å². The molecule has 1 heterocycles. The summed E-state index contributed by atoms with van der Waals surface area (Å²) in [5.74, 6) is -1.03. The predicted octanol–water partition coefficient (Wildman–Crippen LogP) is 3.73. The lowest BCUT2D eigenvalue weighted by molar-refractivity contribution is -0.137. The van der Waals surface area contributed by atoms with Gasteiger partial charge in [-0.2, -0.15) is 13.2 Å². The first-order valence-corrected chi connectivity index (χ1v) is 8.76. The molecule has 1 aromatic rings. The summed E-state index contributed by atoms with van der Waals surface area (Å²) in [7, 11) is 0. The largest absolute Gasteiger partial charge is 0.416 e. The number of carbonyl (C=O) groups excluding carboxylic acids is 1. The molecule has 1 amide bonds. The van der Waals surface area contributed by atoms with Crippen molar-refractivity contribution in [2.24, 2.45) is 0 Å². The van der Waals surface area contributed by atoms with Gasteiger partial charge in [-0.05, 0) is 30.4 Å². The number of anilines is 2. The Bertz CT molecular complexity index is 692. The van der Waals surface area contributed by atoms with Crippen LogP contribution in [0.5, 0.6) is 0 Å². The van der Waals surface area contributed by atoms with Gasteiger partial charge >= 0.3 is 6.18 Å². The van der Waals surface area contributed by atoms with Crippen LogP contribution in [0.15, 0.2) is 18.2 Å². The van der Waals surface area contributed by atoms with Gasteiger partial charge in [-0.15, -0.1) is 0 Å². The molecule has 5 nitrogen and oxygen atoms in total. The molecule has 0 saturated carbocycles. The fourth-order valence-electron chi connectivity index (χ4n) is 2.22. The highest BCUT2D eigenvalue weighted by Gasteiger charge is 2.33. The molecule has 0 atom stereocenters. The van der Waals surface area contributed by atoms with E-state index in [1.54, 1.807) is 0 Å². The van der Waals surface area contributed by atoms with Crippen molar-refractivity contribution in [2.75, 3.05) is 36.5 Å². The van der Waals surface area contributed by atoms with Crippen molar-refractivity contribution in [3.05, 3.63) is 23.8 Å². The Hall–Kier alpha value is -1.00. The van der Waals surface area contributed by atoms with Crippen LogP contribution in [-0.4, -0.2) is 41.1 Å². The van der Waals surface area contributed by atoms with Gasteiger partial charge in [-0.25, -0.2) is 0 Å². The average Bonchev–Trinajstić information content (AvgIpc) is 2.53. The van der Waals surface area contributed by atoms with Gasteiger partial charge < -0.3 is 15.0 Å². The molecule has 2 N–H and O–H groups in total. The van der Waals surface area contributed by atoms with Gasteiger partial charge in [0.15, 0.2) is 5.11 Å². The topological polar surface area (TPSA) is 53.6 Å². The predicted molar refractivity (Wildman–Crippen MR) is 99.1 cm³/mol. The first-order valence-electron chi connectivity index (χ1n) is 7.21. The molecular weight excluding hydrogens is 438 g/mol. The lowest BCUT2D eigenvalue weighted by atomic mass is 10.1. The lowest BCUT2D eigenvalue weighted by Gasteiger charge is -2.31. The van der Waals surface area contributed by atoms with Gasteiger partial charge in [0.05, 0.1) is 30.2 Å². The van der Waals surface area contributed by atoms with Crippen molar-refractivity contribution in [3.63, 3.8) is 0 Å². The minimum atomic E-state index is -4.54. The Morgan fingerprint density at radius 3 is 2.35 bits per heavy atom. The number of alkyl halides is 6. The van der Waals surface area contributed by atoms with Crippen molar-refractivity contribution in [3.8, 4) is 0 Å². The summed E-state index contributed by atoms with van der Waals surface area (Å²) < 4.78 is 42.1. The fraction of sp³-hybridized carbons (Fsp3) is 0.429. The minimum Gasteiger partial charge on any atom is -0.378 e. The summed E-state index contributed by atoms with van der Waals surface area (Å²) in [6.45, 7) is 1.87. The Kier molecular flexibility index (Phi) is 6.84. The maximum atomic E-state index is 13.0. The van der Waals surface area contributed by atoms with Crippen molar-refractivity contribution in [1.29, 1.82) is 0 Å². The third kappa shape index (κ3) is 5.75. The number of hydrogen-bond donors (Lipinski definition) is 2. The molecule has 1 fully saturated rings. The maximum absolute atomic E-state index is 13.0. The molecule has 0 aromatic heterocycles. The maximum Gasteiger partial charge on any atom is 0.416 e. The van der Waals surface area contributed by atoms with Gasteiger partial charge in [0.1, 0.15) is 0 Å². The van der Waals surface area contributed by atoms with E-state index in [1.165, 1.54) is 6.07 Å². The molecular formula is C14H13Cl3F3N3O2S. The number of nitrogens with one attached hydrogen (secondary N) is 2. The smallest absolute Gasteiger partial charge is 0.378 e. The third-order valence-corrected chi connectivity index (χ3v) is 4.13. The monoisotopic (exact) mass is 449 g/mol. The van der Waals surface area contributed by atoms with Crippen LogP contribution >= 0.6 is 47.0 Å². The number of carbonyl (C=O) groups is 1. The molecule has 26 heavy (non-hydrogen) atoms. The zero-order valence-corrected chi connectivity index (χ0v) is 16.1. The number of benzene rings is 1. The van der Waals surface area contributed by atoms with Gasteiger partial charge in [0.25, 0.3) is 9.70 Å². The van der Waals surface area contributed by atoms with Gasteiger partial charge in [-0.1, -0.05) is 34.8 Å². The van der Waals surface area contributed by atoms with E-state index in [2.05, 4.69) is 10.6 Å². The molecule has 1 aliphatic heterocycles. The first-order chi connectivity index (χ1) is 12.0. The van der Waals surface area contributed by atoms with E-state index in [0.717, 1.165) is 12.1 Å². The molecule has 1 aliphatic rings. The summed E-state index contributed by atoms with van der Waals surface area (Å²) in [6, 6.07) is 3.20. The molecule has 0 bridgehead atoms. The molecule has 2 rings (SSSR count). The molecule has 0 spiro atoms. The summed E-state index contributed by atoms with van der Waals surface area (Å²) in [5, 5.41) is 4.39. The molecule has 1 aromatic carbocycles. The van der Waals surface area contributed by atoms with Crippen LogP contribution in [0, 0.1) is 0 Å². The Morgan fingerprint density at radius 1 is 1.19 bits per heavy atom. The highest BCUT2D eigenvalue weighted by Crippen LogP contribution is 2.36. The second kappa shape index (κ2) is 8.35. The Balaban J connectivity index is 2.27. The number of hydrogen-bond acceptors (Lipinski definition) is 4. The molecule has 12 heteroatoms. The molecule has 144 valence electrons.